The fourth-order valence-electron chi connectivity index (χ4n) is 4.81. The number of nitrogens with zero attached hydrogens (tertiary/aromatic N) is 5. The molecule has 3 aromatic heterocycles. The molecule has 1 saturated heterocycles. The van der Waals surface area contributed by atoms with E-state index < -0.39 is 0 Å². The van der Waals surface area contributed by atoms with E-state index in [1.165, 1.54) is 0 Å². The highest BCUT2D eigenvalue weighted by molar-refractivity contribution is 5.77. The summed E-state index contributed by atoms with van der Waals surface area (Å²) in [7, 11) is 3.49. The molecule has 2 N–H and O–H groups in total. The first-order chi connectivity index (χ1) is 17.7. The molecule has 0 saturated carbocycles. The van der Waals surface area contributed by atoms with Crippen LogP contribution in [0.4, 0.5) is 22.9 Å². The van der Waals surface area contributed by atoms with Crippen LogP contribution in [-0.4, -0.2) is 65.9 Å². The Hall–Kier alpha value is -4.05. The molecule has 10 nitrogen and oxygen atoms in total. The highest BCUT2D eigenvalue weighted by Crippen LogP contribution is 2.35. The van der Waals surface area contributed by atoms with E-state index in [4.69, 9.17) is 19.2 Å². The van der Waals surface area contributed by atoms with Crippen molar-refractivity contribution >= 4 is 28.5 Å². The van der Waals surface area contributed by atoms with Gasteiger partial charge in [0.25, 0.3) is 0 Å². The second-order valence-electron chi connectivity index (χ2n) is 8.92. The normalized spacial score (nSPS) is 15.8. The fourth-order valence-corrected chi connectivity index (χ4v) is 4.81. The maximum Gasteiger partial charge on any atom is 0.237 e. The quantitative estimate of drug-likeness (QED) is 0.419. The average Bonchev–Trinajstić information content (AvgIpc) is 3.42. The minimum absolute atomic E-state index is 0.331. The van der Waals surface area contributed by atoms with E-state index in [2.05, 4.69) is 37.6 Å². The Bertz CT molecular complexity index is 1380. The lowest BCUT2D eigenvalue weighted by molar-refractivity contribution is 0.0818. The van der Waals surface area contributed by atoms with E-state index in [-0.39, 0.29) is 0 Å². The van der Waals surface area contributed by atoms with Crippen LogP contribution in [0.2, 0.25) is 0 Å². The molecule has 10 heteroatoms. The van der Waals surface area contributed by atoms with Crippen LogP contribution in [0, 0.1) is 0 Å². The van der Waals surface area contributed by atoms with Gasteiger partial charge in [-0.25, -0.2) is 15.0 Å². The summed E-state index contributed by atoms with van der Waals surface area (Å²) in [6, 6.07) is 8.17. The van der Waals surface area contributed by atoms with Gasteiger partial charge in [-0.3, -0.25) is 0 Å². The molecule has 0 bridgehead atoms. The molecular weight excluding hydrogens is 458 g/mol. The molecule has 186 valence electrons. The minimum atomic E-state index is 0.331. The first-order valence-electron chi connectivity index (χ1n) is 12.2. The summed E-state index contributed by atoms with van der Waals surface area (Å²) < 4.78 is 18.9. The van der Waals surface area contributed by atoms with Crippen molar-refractivity contribution in [3.63, 3.8) is 0 Å². The van der Waals surface area contributed by atoms with Crippen molar-refractivity contribution in [1.29, 1.82) is 0 Å². The van der Waals surface area contributed by atoms with Gasteiger partial charge in [-0.1, -0.05) is 0 Å². The van der Waals surface area contributed by atoms with Crippen molar-refractivity contribution in [2.45, 2.75) is 18.9 Å². The van der Waals surface area contributed by atoms with Crippen molar-refractivity contribution in [3.8, 4) is 22.9 Å². The van der Waals surface area contributed by atoms with Gasteiger partial charge >= 0.3 is 0 Å². The van der Waals surface area contributed by atoms with Crippen LogP contribution < -0.4 is 25.0 Å². The molecule has 0 atom stereocenters. The highest BCUT2D eigenvalue weighted by atomic mass is 16.5. The van der Waals surface area contributed by atoms with E-state index in [9.17, 15) is 0 Å². The van der Waals surface area contributed by atoms with E-state index in [1.807, 2.05) is 28.9 Å². The third-order valence-corrected chi connectivity index (χ3v) is 6.74. The number of piperidine rings is 1. The first-order valence-corrected chi connectivity index (χ1v) is 12.2. The highest BCUT2D eigenvalue weighted by Gasteiger charge is 2.22. The van der Waals surface area contributed by atoms with Crippen molar-refractivity contribution in [2.24, 2.45) is 0 Å². The van der Waals surface area contributed by atoms with Gasteiger partial charge in [0.05, 0.1) is 30.3 Å². The molecule has 1 aromatic carbocycles. The number of nitrogens with one attached hydrogen (secondary N) is 2. The van der Waals surface area contributed by atoms with Gasteiger partial charge < -0.3 is 34.1 Å². The molecule has 6 rings (SSSR count). The molecule has 2 aliphatic heterocycles. The summed E-state index contributed by atoms with van der Waals surface area (Å²) in [6.45, 7) is 3.24. The van der Waals surface area contributed by atoms with Crippen molar-refractivity contribution in [2.75, 3.05) is 56.0 Å². The molecule has 36 heavy (non-hydrogen) atoms. The predicted octanol–water partition coefficient (Wildman–Crippen LogP) is 3.96. The number of anilines is 4. The van der Waals surface area contributed by atoms with Crippen LogP contribution in [-0.2, 0) is 4.74 Å². The number of rotatable bonds is 6. The predicted molar refractivity (Wildman–Crippen MR) is 139 cm³/mol. The molecule has 1 fully saturated rings. The maximum atomic E-state index is 5.77. The van der Waals surface area contributed by atoms with Crippen LogP contribution >= 0.6 is 0 Å². The van der Waals surface area contributed by atoms with E-state index in [1.54, 1.807) is 26.6 Å². The standard InChI is InChI=1S/C26H29N7O3/c1-34-19-5-9-32(10-6-19)22-4-3-18(14-23(22)35-2)30-24-25-28-7-11-33(25)16-21(31-24)17-13-20-26(29-15-17)36-12-8-27-20/h3-4,7,11,13-16,19,27H,5-6,8-10,12H2,1-2H3,(H,30,31). The van der Waals surface area contributed by atoms with Crippen LogP contribution in [0.15, 0.2) is 49.1 Å². The lowest BCUT2D eigenvalue weighted by Gasteiger charge is -2.33. The van der Waals surface area contributed by atoms with Gasteiger partial charge in [0.15, 0.2) is 11.5 Å². The number of pyridine rings is 1. The Morgan fingerprint density at radius 1 is 1.14 bits per heavy atom. The third-order valence-electron chi connectivity index (χ3n) is 6.74. The monoisotopic (exact) mass is 487 g/mol. The van der Waals surface area contributed by atoms with Crippen molar-refractivity contribution in [3.05, 3.63) is 49.1 Å². The Morgan fingerprint density at radius 3 is 2.86 bits per heavy atom. The van der Waals surface area contributed by atoms with Gasteiger partial charge in [0.2, 0.25) is 5.88 Å². The second kappa shape index (κ2) is 9.54. The number of ether oxygens (including phenoxy) is 3. The molecule has 2 aliphatic rings. The Balaban J connectivity index is 1.30. The van der Waals surface area contributed by atoms with E-state index >= 15 is 0 Å². The number of methoxy groups -OCH3 is 2. The number of hydrogen-bond donors (Lipinski definition) is 2. The second-order valence-corrected chi connectivity index (χ2v) is 8.92. The molecule has 0 spiro atoms. The van der Waals surface area contributed by atoms with Gasteiger partial charge in [-0.2, -0.15) is 0 Å². The average molecular weight is 488 g/mol. The van der Waals surface area contributed by atoms with Gasteiger partial charge in [0, 0.05) is 68.8 Å². The van der Waals surface area contributed by atoms with Crippen LogP contribution in [0.3, 0.4) is 0 Å². The zero-order valence-electron chi connectivity index (χ0n) is 20.4. The summed E-state index contributed by atoms with van der Waals surface area (Å²) in [6.07, 6.45) is 9.75. The summed E-state index contributed by atoms with van der Waals surface area (Å²) in [5.41, 5.74) is 5.22. The van der Waals surface area contributed by atoms with Gasteiger partial charge in [-0.15, -0.1) is 0 Å². The molecule has 4 aromatic rings. The molecule has 0 aliphatic carbocycles. The summed E-state index contributed by atoms with van der Waals surface area (Å²) >= 11 is 0. The number of fused-ring (bicyclic) bond motifs is 2. The van der Waals surface area contributed by atoms with Crippen LogP contribution in [0.1, 0.15) is 12.8 Å². The van der Waals surface area contributed by atoms with Gasteiger partial charge in [-0.05, 0) is 31.0 Å². The van der Waals surface area contributed by atoms with Crippen molar-refractivity contribution < 1.29 is 14.2 Å². The van der Waals surface area contributed by atoms with E-state index in [0.29, 0.717) is 24.4 Å². The van der Waals surface area contributed by atoms with Crippen LogP contribution in [0.25, 0.3) is 16.9 Å². The maximum absolute atomic E-state index is 5.77. The fraction of sp³-hybridized carbons (Fsp3) is 0.346. The molecule has 5 heterocycles. The molecule has 0 unspecified atom stereocenters. The smallest absolute Gasteiger partial charge is 0.237 e. The first kappa shape index (κ1) is 22.4. The van der Waals surface area contributed by atoms with Gasteiger partial charge in [0.1, 0.15) is 12.4 Å². The summed E-state index contributed by atoms with van der Waals surface area (Å²) in [5.74, 6) is 2.08. The van der Waals surface area contributed by atoms with E-state index in [0.717, 1.165) is 72.2 Å². The number of benzene rings is 1. The number of aromatic nitrogens is 4. The largest absolute Gasteiger partial charge is 0.495 e. The Labute approximate surface area is 209 Å². The molecule has 0 radical (unpaired) electrons. The number of hydrogen-bond acceptors (Lipinski definition) is 9. The SMILES string of the molecule is COc1cc(Nc2nc(-c3cnc4c(c3)NCCO4)cn3ccnc23)ccc1N1CCC(OC)CC1. The number of imidazole rings is 1. The van der Waals surface area contributed by atoms with Crippen LogP contribution in [0.5, 0.6) is 11.6 Å². The zero-order valence-corrected chi connectivity index (χ0v) is 20.4. The Morgan fingerprint density at radius 2 is 2.03 bits per heavy atom. The minimum Gasteiger partial charge on any atom is -0.495 e. The molecule has 0 amide bonds. The zero-order chi connectivity index (χ0) is 24.5. The topological polar surface area (TPSA) is 98.1 Å². The lowest BCUT2D eigenvalue weighted by Crippen LogP contribution is -2.36. The third kappa shape index (κ3) is 4.24. The summed E-state index contributed by atoms with van der Waals surface area (Å²) in [5, 5.41) is 6.79. The molecular formula is C26H29N7O3. The lowest BCUT2D eigenvalue weighted by atomic mass is 10.1. The Kier molecular flexibility index (Phi) is 5.94. The summed E-state index contributed by atoms with van der Waals surface area (Å²) in [4.78, 5) is 16.2. The van der Waals surface area contributed by atoms with Crippen molar-refractivity contribution in [1.82, 2.24) is 19.4 Å².